The van der Waals surface area contributed by atoms with Crippen molar-refractivity contribution in [1.82, 2.24) is 10.2 Å². The van der Waals surface area contributed by atoms with Crippen LogP contribution in [-0.2, 0) is 11.3 Å². The van der Waals surface area contributed by atoms with Gasteiger partial charge in [-0.05, 0) is 43.5 Å². The van der Waals surface area contributed by atoms with Crippen LogP contribution in [0.3, 0.4) is 0 Å². The third-order valence-corrected chi connectivity index (χ3v) is 4.80. The van der Waals surface area contributed by atoms with Gasteiger partial charge in [0.2, 0.25) is 5.91 Å². The Morgan fingerprint density at radius 3 is 2.82 bits per heavy atom. The first-order chi connectivity index (χ1) is 10.7. The van der Waals surface area contributed by atoms with E-state index in [1.807, 2.05) is 0 Å². The van der Waals surface area contributed by atoms with Gasteiger partial charge < -0.3 is 5.32 Å². The zero-order valence-electron chi connectivity index (χ0n) is 13.5. The number of amides is 1. The highest BCUT2D eigenvalue weighted by Crippen LogP contribution is 2.19. The van der Waals surface area contributed by atoms with Crippen molar-refractivity contribution in [2.45, 2.75) is 45.6 Å². The fourth-order valence-electron chi connectivity index (χ4n) is 2.99. The van der Waals surface area contributed by atoms with Gasteiger partial charge in [0.25, 0.3) is 0 Å². The van der Waals surface area contributed by atoms with E-state index in [1.165, 1.54) is 18.4 Å². The lowest BCUT2D eigenvalue weighted by molar-refractivity contribution is -0.126. The maximum Gasteiger partial charge on any atom is 0.224 e. The molecule has 1 N–H and O–H groups in total. The van der Waals surface area contributed by atoms with Crippen molar-refractivity contribution in [3.05, 3.63) is 34.3 Å². The maximum absolute atomic E-state index is 12.3. The number of likely N-dealkylation sites (tertiary alicyclic amines) is 1. The highest BCUT2D eigenvalue weighted by atomic mass is 79.9. The zero-order chi connectivity index (χ0) is 15.8. The molecule has 0 saturated carbocycles. The molecule has 1 atom stereocenters. The predicted octanol–water partition coefficient (Wildman–Crippen LogP) is 3.97. The minimum absolute atomic E-state index is 0.158. The number of hydrogen-bond acceptors (Lipinski definition) is 2. The number of benzene rings is 1. The van der Waals surface area contributed by atoms with Crippen molar-refractivity contribution in [2.75, 3.05) is 19.6 Å². The lowest BCUT2D eigenvalue weighted by Crippen LogP contribution is -2.42. The number of nitrogens with zero attached hydrogens (tertiary/aromatic N) is 1. The lowest BCUT2D eigenvalue weighted by atomic mass is 9.96. The Labute approximate surface area is 142 Å². The molecule has 3 nitrogen and oxygen atoms in total. The monoisotopic (exact) mass is 366 g/mol. The van der Waals surface area contributed by atoms with Gasteiger partial charge in [-0.3, -0.25) is 9.69 Å². The summed E-state index contributed by atoms with van der Waals surface area (Å²) in [7, 11) is 0. The van der Waals surface area contributed by atoms with E-state index in [0.29, 0.717) is 0 Å². The highest BCUT2D eigenvalue weighted by molar-refractivity contribution is 9.10. The van der Waals surface area contributed by atoms with E-state index in [2.05, 4.69) is 57.3 Å². The van der Waals surface area contributed by atoms with Gasteiger partial charge in [-0.1, -0.05) is 47.8 Å². The number of carbonyl (C=O) groups excluding carboxylic acids is 1. The van der Waals surface area contributed by atoms with E-state index in [9.17, 15) is 4.79 Å². The van der Waals surface area contributed by atoms with Crippen molar-refractivity contribution in [3.63, 3.8) is 0 Å². The van der Waals surface area contributed by atoms with Crippen LogP contribution in [0.1, 0.15) is 44.6 Å². The molecule has 0 radical (unpaired) electrons. The predicted molar refractivity (Wildman–Crippen MR) is 94.7 cm³/mol. The number of carbonyl (C=O) groups is 1. The van der Waals surface area contributed by atoms with Gasteiger partial charge >= 0.3 is 0 Å². The first-order valence-corrected chi connectivity index (χ1v) is 9.23. The summed E-state index contributed by atoms with van der Waals surface area (Å²) in [6, 6.07) is 8.46. The van der Waals surface area contributed by atoms with Crippen LogP contribution < -0.4 is 5.32 Å². The molecule has 1 fully saturated rings. The number of unbranched alkanes of at least 4 members (excludes halogenated alkanes) is 2. The molecule has 22 heavy (non-hydrogen) atoms. The summed E-state index contributed by atoms with van der Waals surface area (Å²) in [4.78, 5) is 14.7. The van der Waals surface area contributed by atoms with Gasteiger partial charge in [-0.2, -0.15) is 0 Å². The molecular formula is C18H27BrN2O. The molecule has 0 bridgehead atoms. The molecule has 1 amide bonds. The van der Waals surface area contributed by atoms with Gasteiger partial charge in [0.05, 0.1) is 5.92 Å². The molecule has 1 unspecified atom stereocenters. The lowest BCUT2D eigenvalue weighted by Gasteiger charge is -2.32. The highest BCUT2D eigenvalue weighted by Gasteiger charge is 2.25. The van der Waals surface area contributed by atoms with E-state index in [1.54, 1.807) is 0 Å². The fourth-order valence-corrected chi connectivity index (χ4v) is 3.26. The molecule has 0 aliphatic carbocycles. The quantitative estimate of drug-likeness (QED) is 0.740. The van der Waals surface area contributed by atoms with E-state index in [4.69, 9.17) is 0 Å². The van der Waals surface area contributed by atoms with Gasteiger partial charge in [-0.25, -0.2) is 0 Å². The Morgan fingerprint density at radius 1 is 1.32 bits per heavy atom. The van der Waals surface area contributed by atoms with Crippen LogP contribution in [0.25, 0.3) is 0 Å². The topological polar surface area (TPSA) is 32.3 Å². The summed E-state index contributed by atoms with van der Waals surface area (Å²) in [6.07, 6.45) is 5.62. The third kappa shape index (κ3) is 5.73. The molecule has 1 aromatic rings. The van der Waals surface area contributed by atoms with Crippen molar-refractivity contribution in [3.8, 4) is 0 Å². The Hall–Kier alpha value is -0.870. The number of halogens is 1. The average molecular weight is 367 g/mol. The normalized spacial score (nSPS) is 19.1. The summed E-state index contributed by atoms with van der Waals surface area (Å²) < 4.78 is 1.11. The minimum atomic E-state index is 0.158. The smallest absolute Gasteiger partial charge is 0.224 e. The van der Waals surface area contributed by atoms with Gasteiger partial charge in [-0.15, -0.1) is 0 Å². The van der Waals surface area contributed by atoms with Crippen molar-refractivity contribution >= 4 is 21.8 Å². The summed E-state index contributed by atoms with van der Waals surface area (Å²) >= 11 is 3.47. The Morgan fingerprint density at radius 2 is 2.09 bits per heavy atom. The van der Waals surface area contributed by atoms with E-state index in [0.717, 1.165) is 49.9 Å². The first-order valence-electron chi connectivity index (χ1n) is 8.43. The number of rotatable bonds is 7. The largest absolute Gasteiger partial charge is 0.356 e. The average Bonchev–Trinajstić information content (AvgIpc) is 2.54. The Balaban J connectivity index is 1.78. The summed E-state index contributed by atoms with van der Waals surface area (Å²) in [6.45, 7) is 5.93. The van der Waals surface area contributed by atoms with E-state index in [-0.39, 0.29) is 11.8 Å². The molecular weight excluding hydrogens is 340 g/mol. The van der Waals surface area contributed by atoms with Crippen molar-refractivity contribution < 1.29 is 4.79 Å². The fraction of sp³-hybridized carbons (Fsp3) is 0.611. The number of nitrogens with one attached hydrogen (secondary N) is 1. The van der Waals surface area contributed by atoms with E-state index < -0.39 is 0 Å². The second kappa shape index (κ2) is 9.31. The molecule has 1 saturated heterocycles. The summed E-state index contributed by atoms with van der Waals surface area (Å²) in [5.41, 5.74) is 1.31. The van der Waals surface area contributed by atoms with Crippen LogP contribution >= 0.6 is 15.9 Å². The second-order valence-corrected chi connectivity index (χ2v) is 7.11. The summed E-state index contributed by atoms with van der Waals surface area (Å²) in [5.74, 6) is 0.405. The Kier molecular flexibility index (Phi) is 7.40. The Bertz CT molecular complexity index is 461. The number of hydrogen-bond donors (Lipinski definition) is 1. The first kappa shape index (κ1) is 17.5. The number of piperidine rings is 1. The summed E-state index contributed by atoms with van der Waals surface area (Å²) in [5, 5.41) is 3.11. The molecule has 2 rings (SSSR count). The molecule has 1 aromatic carbocycles. The van der Waals surface area contributed by atoms with Crippen LogP contribution in [0, 0.1) is 5.92 Å². The zero-order valence-corrected chi connectivity index (χ0v) is 15.1. The van der Waals surface area contributed by atoms with Crippen LogP contribution in [0.5, 0.6) is 0 Å². The molecule has 1 aliphatic heterocycles. The van der Waals surface area contributed by atoms with Crippen LogP contribution in [0.2, 0.25) is 0 Å². The maximum atomic E-state index is 12.3. The standard InChI is InChI=1S/C18H27BrN2O/c1-2-3-4-11-20-18(22)16-6-5-12-21(14-16)13-15-7-9-17(19)10-8-15/h7-10,16H,2-6,11-14H2,1H3,(H,20,22). The SMILES string of the molecule is CCCCCNC(=O)C1CCCN(Cc2ccc(Br)cc2)C1. The molecule has 122 valence electrons. The van der Waals surface area contributed by atoms with Crippen molar-refractivity contribution in [1.29, 1.82) is 0 Å². The van der Waals surface area contributed by atoms with Crippen LogP contribution in [0.15, 0.2) is 28.7 Å². The van der Waals surface area contributed by atoms with E-state index >= 15 is 0 Å². The van der Waals surface area contributed by atoms with Crippen LogP contribution in [0.4, 0.5) is 0 Å². The van der Waals surface area contributed by atoms with Crippen LogP contribution in [-0.4, -0.2) is 30.4 Å². The minimum Gasteiger partial charge on any atom is -0.356 e. The van der Waals surface area contributed by atoms with Gasteiger partial charge in [0.15, 0.2) is 0 Å². The molecule has 1 aliphatic rings. The van der Waals surface area contributed by atoms with Crippen molar-refractivity contribution in [2.24, 2.45) is 5.92 Å². The molecule has 0 spiro atoms. The van der Waals surface area contributed by atoms with Gasteiger partial charge in [0.1, 0.15) is 0 Å². The molecule has 1 heterocycles. The third-order valence-electron chi connectivity index (χ3n) is 4.28. The molecule has 0 aromatic heterocycles. The molecule has 4 heteroatoms. The van der Waals surface area contributed by atoms with Gasteiger partial charge in [0, 0.05) is 24.1 Å². The second-order valence-electron chi connectivity index (χ2n) is 6.20.